The van der Waals surface area contributed by atoms with E-state index in [4.69, 9.17) is 5.73 Å². The highest BCUT2D eigenvalue weighted by Crippen LogP contribution is 2.38. The molecule has 2 nitrogen and oxygen atoms in total. The van der Waals surface area contributed by atoms with Gasteiger partial charge in [-0.1, -0.05) is 19.3 Å². The zero-order chi connectivity index (χ0) is 11.0. The normalized spacial score (nSPS) is 41.4. The lowest BCUT2D eigenvalue weighted by atomic mass is 9.89. The minimum absolute atomic E-state index is 0.520. The standard InChI is InChI=1S/C14H26N2/c15-14-6-12-9-16(10-13(12)7-14)8-11-4-2-1-3-5-11/h11-14H,1-10,15H2/t12-,13?,14+/m0/s1. The molecule has 0 spiro atoms. The van der Waals surface area contributed by atoms with Crippen LogP contribution in [0.15, 0.2) is 0 Å². The van der Waals surface area contributed by atoms with E-state index < -0.39 is 0 Å². The van der Waals surface area contributed by atoms with Gasteiger partial charge in [-0.05, 0) is 43.4 Å². The van der Waals surface area contributed by atoms with Gasteiger partial charge in [0.2, 0.25) is 0 Å². The highest BCUT2D eigenvalue weighted by Gasteiger charge is 2.39. The molecule has 3 atom stereocenters. The third-order valence-electron chi connectivity index (χ3n) is 5.10. The van der Waals surface area contributed by atoms with E-state index in [2.05, 4.69) is 4.90 Å². The first-order chi connectivity index (χ1) is 7.81. The second kappa shape index (κ2) is 4.66. The summed E-state index contributed by atoms with van der Waals surface area (Å²) in [5, 5.41) is 0. The second-order valence-corrected chi connectivity index (χ2v) is 6.47. The summed E-state index contributed by atoms with van der Waals surface area (Å²) in [6.45, 7) is 4.10. The Hall–Kier alpha value is -0.0800. The van der Waals surface area contributed by atoms with E-state index in [1.54, 1.807) is 0 Å². The number of hydrogen-bond acceptors (Lipinski definition) is 2. The first-order valence-electron chi connectivity index (χ1n) is 7.29. The third kappa shape index (κ3) is 2.28. The Kier molecular flexibility index (Phi) is 3.21. The molecule has 0 bridgehead atoms. The molecule has 3 aliphatic rings. The molecule has 3 fully saturated rings. The van der Waals surface area contributed by atoms with Crippen LogP contribution in [-0.4, -0.2) is 30.6 Å². The zero-order valence-electron chi connectivity index (χ0n) is 10.4. The summed E-state index contributed by atoms with van der Waals surface area (Å²) in [6.07, 6.45) is 10.0. The van der Waals surface area contributed by atoms with Gasteiger partial charge in [-0.3, -0.25) is 0 Å². The maximum Gasteiger partial charge on any atom is 0.00452 e. The van der Waals surface area contributed by atoms with Crippen molar-refractivity contribution in [3.63, 3.8) is 0 Å². The van der Waals surface area contributed by atoms with Crippen LogP contribution in [0.1, 0.15) is 44.9 Å². The van der Waals surface area contributed by atoms with Crippen molar-refractivity contribution in [3.8, 4) is 0 Å². The second-order valence-electron chi connectivity index (χ2n) is 6.47. The van der Waals surface area contributed by atoms with E-state index in [-0.39, 0.29) is 0 Å². The van der Waals surface area contributed by atoms with Gasteiger partial charge in [0.25, 0.3) is 0 Å². The highest BCUT2D eigenvalue weighted by molar-refractivity contribution is 4.94. The van der Waals surface area contributed by atoms with Crippen molar-refractivity contribution in [2.24, 2.45) is 23.5 Å². The van der Waals surface area contributed by atoms with Crippen LogP contribution in [0.4, 0.5) is 0 Å². The minimum atomic E-state index is 0.520. The molecule has 2 saturated carbocycles. The van der Waals surface area contributed by atoms with Gasteiger partial charge < -0.3 is 10.6 Å². The zero-order valence-corrected chi connectivity index (χ0v) is 10.4. The summed E-state index contributed by atoms with van der Waals surface area (Å²) in [6, 6.07) is 0.520. The average molecular weight is 222 g/mol. The van der Waals surface area contributed by atoms with Gasteiger partial charge in [0.15, 0.2) is 0 Å². The molecule has 1 saturated heterocycles. The van der Waals surface area contributed by atoms with Gasteiger partial charge in [-0.15, -0.1) is 0 Å². The van der Waals surface area contributed by atoms with Crippen LogP contribution in [0.2, 0.25) is 0 Å². The Morgan fingerprint density at radius 3 is 2.19 bits per heavy atom. The monoisotopic (exact) mass is 222 g/mol. The summed E-state index contributed by atoms with van der Waals surface area (Å²) in [7, 11) is 0. The van der Waals surface area contributed by atoms with E-state index in [0.29, 0.717) is 6.04 Å². The van der Waals surface area contributed by atoms with E-state index >= 15 is 0 Å². The predicted molar refractivity (Wildman–Crippen MR) is 67.2 cm³/mol. The maximum absolute atomic E-state index is 6.04. The van der Waals surface area contributed by atoms with Crippen molar-refractivity contribution < 1.29 is 0 Å². The summed E-state index contributed by atoms with van der Waals surface area (Å²) in [4.78, 5) is 2.75. The van der Waals surface area contributed by atoms with Crippen molar-refractivity contribution in [1.29, 1.82) is 0 Å². The van der Waals surface area contributed by atoms with Crippen molar-refractivity contribution in [3.05, 3.63) is 0 Å². The maximum atomic E-state index is 6.04. The van der Waals surface area contributed by atoms with Crippen LogP contribution in [-0.2, 0) is 0 Å². The molecule has 0 aromatic rings. The van der Waals surface area contributed by atoms with E-state index in [0.717, 1.165) is 17.8 Å². The molecule has 0 amide bonds. The Bertz CT molecular complexity index is 221. The van der Waals surface area contributed by atoms with E-state index in [9.17, 15) is 0 Å². The molecular formula is C14H26N2. The molecule has 1 heterocycles. The van der Waals surface area contributed by atoms with E-state index in [1.807, 2.05) is 0 Å². The van der Waals surface area contributed by atoms with Gasteiger partial charge in [0.05, 0.1) is 0 Å². The van der Waals surface area contributed by atoms with Crippen LogP contribution in [0.3, 0.4) is 0 Å². The summed E-state index contributed by atoms with van der Waals surface area (Å²) >= 11 is 0. The van der Waals surface area contributed by atoms with Gasteiger partial charge in [-0.25, -0.2) is 0 Å². The fourth-order valence-corrected chi connectivity index (χ4v) is 4.33. The van der Waals surface area contributed by atoms with Crippen molar-refractivity contribution >= 4 is 0 Å². The average Bonchev–Trinajstić information content (AvgIpc) is 2.76. The summed E-state index contributed by atoms with van der Waals surface area (Å²) in [5.41, 5.74) is 6.04. The molecule has 2 aliphatic carbocycles. The number of fused-ring (bicyclic) bond motifs is 1. The number of nitrogens with two attached hydrogens (primary N) is 1. The first kappa shape index (κ1) is 11.0. The summed E-state index contributed by atoms with van der Waals surface area (Å²) < 4.78 is 0. The topological polar surface area (TPSA) is 29.3 Å². The molecule has 1 unspecified atom stereocenters. The quantitative estimate of drug-likeness (QED) is 0.776. The Morgan fingerprint density at radius 1 is 0.938 bits per heavy atom. The molecule has 0 aromatic carbocycles. The fraction of sp³-hybridized carbons (Fsp3) is 1.00. The van der Waals surface area contributed by atoms with Gasteiger partial charge in [0, 0.05) is 25.7 Å². The van der Waals surface area contributed by atoms with Gasteiger partial charge >= 0.3 is 0 Å². The van der Waals surface area contributed by atoms with Crippen LogP contribution >= 0.6 is 0 Å². The third-order valence-corrected chi connectivity index (χ3v) is 5.10. The Balaban J connectivity index is 1.47. The minimum Gasteiger partial charge on any atom is -0.328 e. The Morgan fingerprint density at radius 2 is 1.56 bits per heavy atom. The largest absolute Gasteiger partial charge is 0.328 e. The number of nitrogens with zero attached hydrogens (tertiary/aromatic N) is 1. The molecule has 2 heteroatoms. The molecule has 0 radical (unpaired) electrons. The molecule has 92 valence electrons. The molecule has 2 N–H and O–H groups in total. The lowest BCUT2D eigenvalue weighted by molar-refractivity contribution is 0.220. The van der Waals surface area contributed by atoms with Gasteiger partial charge in [-0.2, -0.15) is 0 Å². The number of likely N-dealkylation sites (tertiary alicyclic amines) is 1. The molecular weight excluding hydrogens is 196 g/mol. The summed E-state index contributed by atoms with van der Waals surface area (Å²) in [5.74, 6) is 2.90. The molecule has 0 aromatic heterocycles. The van der Waals surface area contributed by atoms with Crippen LogP contribution in [0.25, 0.3) is 0 Å². The molecule has 3 rings (SSSR count). The molecule has 1 aliphatic heterocycles. The SMILES string of the molecule is N[C@H]1CC2CN(CC3CCCCC3)C[C@@H]2C1. The first-order valence-corrected chi connectivity index (χ1v) is 7.29. The highest BCUT2D eigenvalue weighted by atomic mass is 15.2. The van der Waals surface area contributed by atoms with Crippen molar-refractivity contribution in [2.75, 3.05) is 19.6 Å². The lowest BCUT2D eigenvalue weighted by Crippen LogP contribution is -2.30. The van der Waals surface area contributed by atoms with E-state index in [1.165, 1.54) is 64.6 Å². The van der Waals surface area contributed by atoms with Gasteiger partial charge in [0.1, 0.15) is 0 Å². The lowest BCUT2D eigenvalue weighted by Gasteiger charge is -2.27. The van der Waals surface area contributed by atoms with Crippen LogP contribution < -0.4 is 5.73 Å². The fourth-order valence-electron chi connectivity index (χ4n) is 4.33. The number of hydrogen-bond donors (Lipinski definition) is 1. The van der Waals surface area contributed by atoms with Crippen LogP contribution in [0.5, 0.6) is 0 Å². The predicted octanol–water partition coefficient (Wildman–Crippen LogP) is 2.24. The Labute approximate surface area is 99.6 Å². The van der Waals surface area contributed by atoms with Crippen molar-refractivity contribution in [2.45, 2.75) is 51.0 Å². The smallest absolute Gasteiger partial charge is 0.00452 e. The number of rotatable bonds is 2. The van der Waals surface area contributed by atoms with Crippen molar-refractivity contribution in [1.82, 2.24) is 4.90 Å². The van der Waals surface area contributed by atoms with Crippen LogP contribution in [0, 0.1) is 17.8 Å². The molecule has 16 heavy (non-hydrogen) atoms.